The molecule has 1 N–H and O–H groups in total. The topological polar surface area (TPSA) is 82.3 Å². The van der Waals surface area contributed by atoms with Gasteiger partial charge in [-0.15, -0.1) is 0 Å². The van der Waals surface area contributed by atoms with Crippen LogP contribution in [0, 0.1) is 6.92 Å². The number of benzene rings is 1. The summed E-state index contributed by atoms with van der Waals surface area (Å²) in [6.45, 7) is 10.5. The molecule has 1 aromatic carbocycles. The number of nitrogens with zero attached hydrogens (tertiary/aromatic N) is 1. The Morgan fingerprint density at radius 1 is 1.04 bits per heavy atom. The molecule has 0 fully saturated rings. The van der Waals surface area contributed by atoms with E-state index in [0.717, 1.165) is 5.76 Å². The number of nitrogens with one attached hydrogen (secondary N) is 1. The zero-order valence-electron chi connectivity index (χ0n) is 16.4. The Labute approximate surface area is 159 Å². The predicted molar refractivity (Wildman–Crippen MR) is 103 cm³/mol. The summed E-state index contributed by atoms with van der Waals surface area (Å²) in [4.78, 5) is 12.6. The quantitative estimate of drug-likeness (QED) is 0.531. The smallest absolute Gasteiger partial charge is 0.271 e. The van der Waals surface area contributed by atoms with Crippen molar-refractivity contribution in [2.75, 3.05) is 19.8 Å². The lowest BCUT2D eigenvalue weighted by molar-refractivity contribution is 0.0953. The van der Waals surface area contributed by atoms with Gasteiger partial charge in [-0.3, -0.25) is 4.79 Å². The Morgan fingerprint density at radius 3 is 2.11 bits per heavy atom. The summed E-state index contributed by atoms with van der Waals surface area (Å²) in [7, 11) is 0. The molecule has 1 heterocycles. The lowest BCUT2D eigenvalue weighted by atomic mass is 10.1. The van der Waals surface area contributed by atoms with E-state index in [1.807, 2.05) is 33.8 Å². The van der Waals surface area contributed by atoms with Crippen molar-refractivity contribution in [3.8, 4) is 17.2 Å². The Hall–Kier alpha value is -2.96. The number of carbonyl (C=O) groups excluding carboxylic acids is 1. The monoisotopic (exact) mass is 374 g/mol. The lowest BCUT2D eigenvalue weighted by Gasteiger charge is -2.16. The van der Waals surface area contributed by atoms with Gasteiger partial charge in [0.2, 0.25) is 5.75 Å². The fourth-order valence-electron chi connectivity index (χ4n) is 2.40. The Balaban J connectivity index is 2.28. The predicted octanol–water partition coefficient (Wildman–Crippen LogP) is 3.94. The highest BCUT2D eigenvalue weighted by Crippen LogP contribution is 2.39. The molecule has 1 amide bonds. The van der Waals surface area contributed by atoms with Crippen LogP contribution in [0.5, 0.6) is 17.2 Å². The zero-order valence-corrected chi connectivity index (χ0v) is 16.4. The summed E-state index contributed by atoms with van der Waals surface area (Å²) in [5.41, 5.74) is 3.46. The van der Waals surface area contributed by atoms with Crippen molar-refractivity contribution in [2.45, 2.75) is 34.6 Å². The first-order valence-corrected chi connectivity index (χ1v) is 8.97. The number of furan rings is 1. The minimum absolute atomic E-state index is 0.359. The Kier molecular flexibility index (Phi) is 7.28. The molecule has 0 bridgehead atoms. The summed E-state index contributed by atoms with van der Waals surface area (Å²) in [5.74, 6) is 2.39. The number of hydrazone groups is 1. The van der Waals surface area contributed by atoms with E-state index in [4.69, 9.17) is 18.6 Å². The molecule has 0 aliphatic heterocycles. The summed E-state index contributed by atoms with van der Waals surface area (Å²) in [6.07, 6.45) is 0. The largest absolute Gasteiger partial charge is 0.490 e. The minimum Gasteiger partial charge on any atom is -0.490 e. The van der Waals surface area contributed by atoms with Crippen molar-refractivity contribution in [1.82, 2.24) is 5.43 Å². The van der Waals surface area contributed by atoms with Crippen molar-refractivity contribution < 1.29 is 23.4 Å². The summed E-state index contributed by atoms with van der Waals surface area (Å²) in [6, 6.07) is 6.88. The van der Waals surface area contributed by atoms with E-state index in [-0.39, 0.29) is 5.91 Å². The van der Waals surface area contributed by atoms with Crippen LogP contribution in [-0.2, 0) is 0 Å². The van der Waals surface area contributed by atoms with Crippen LogP contribution in [0.25, 0.3) is 0 Å². The molecule has 7 heteroatoms. The number of amides is 1. The summed E-state index contributed by atoms with van der Waals surface area (Å²) in [5, 5.41) is 4.10. The van der Waals surface area contributed by atoms with Crippen molar-refractivity contribution in [3.05, 3.63) is 41.3 Å². The molecule has 0 aliphatic rings. The van der Waals surface area contributed by atoms with E-state index in [9.17, 15) is 4.79 Å². The third-order valence-electron chi connectivity index (χ3n) is 3.59. The maximum absolute atomic E-state index is 12.6. The molecule has 0 unspecified atom stereocenters. The van der Waals surface area contributed by atoms with Crippen molar-refractivity contribution >= 4 is 11.6 Å². The third kappa shape index (κ3) is 5.26. The van der Waals surface area contributed by atoms with Gasteiger partial charge in [0.1, 0.15) is 17.2 Å². The van der Waals surface area contributed by atoms with Crippen molar-refractivity contribution in [1.29, 1.82) is 0 Å². The second kappa shape index (κ2) is 9.66. The molecule has 1 aromatic heterocycles. The first kappa shape index (κ1) is 20.4. The highest BCUT2D eigenvalue weighted by atomic mass is 16.5. The summed E-state index contributed by atoms with van der Waals surface area (Å²) >= 11 is 0. The van der Waals surface area contributed by atoms with Crippen LogP contribution in [0.3, 0.4) is 0 Å². The van der Waals surface area contributed by atoms with Crippen LogP contribution in [-0.4, -0.2) is 31.4 Å². The highest BCUT2D eigenvalue weighted by Gasteiger charge is 2.18. The van der Waals surface area contributed by atoms with Gasteiger partial charge >= 0.3 is 0 Å². The van der Waals surface area contributed by atoms with Gasteiger partial charge < -0.3 is 18.6 Å². The number of ether oxygens (including phenoxy) is 3. The molecular formula is C20H26N2O5. The van der Waals surface area contributed by atoms with E-state index < -0.39 is 0 Å². The Bertz CT molecular complexity index is 783. The molecule has 146 valence electrons. The van der Waals surface area contributed by atoms with Gasteiger partial charge in [-0.25, -0.2) is 5.43 Å². The zero-order chi connectivity index (χ0) is 19.8. The molecule has 7 nitrogen and oxygen atoms in total. The van der Waals surface area contributed by atoms with Crippen LogP contribution < -0.4 is 19.6 Å². The third-order valence-corrected chi connectivity index (χ3v) is 3.59. The van der Waals surface area contributed by atoms with Crippen LogP contribution in [0.15, 0.2) is 33.8 Å². The van der Waals surface area contributed by atoms with Crippen LogP contribution in [0.1, 0.15) is 49.6 Å². The van der Waals surface area contributed by atoms with Crippen LogP contribution in [0.4, 0.5) is 0 Å². The van der Waals surface area contributed by atoms with Gasteiger partial charge in [0, 0.05) is 5.56 Å². The number of rotatable bonds is 9. The van der Waals surface area contributed by atoms with Crippen molar-refractivity contribution in [3.63, 3.8) is 0 Å². The fourth-order valence-corrected chi connectivity index (χ4v) is 2.40. The maximum Gasteiger partial charge on any atom is 0.271 e. The number of hydrogen-bond donors (Lipinski definition) is 1. The van der Waals surface area contributed by atoms with Crippen molar-refractivity contribution in [2.24, 2.45) is 5.10 Å². The summed E-state index contributed by atoms with van der Waals surface area (Å²) < 4.78 is 22.4. The lowest BCUT2D eigenvalue weighted by Crippen LogP contribution is -2.19. The molecule has 2 aromatic rings. The van der Waals surface area contributed by atoms with E-state index in [0.29, 0.717) is 54.1 Å². The Morgan fingerprint density at radius 2 is 1.63 bits per heavy atom. The number of aryl methyl sites for hydroxylation is 1. The number of carbonyl (C=O) groups is 1. The molecule has 0 aliphatic carbocycles. The van der Waals surface area contributed by atoms with Crippen LogP contribution in [0.2, 0.25) is 0 Å². The van der Waals surface area contributed by atoms with Gasteiger partial charge in [0.15, 0.2) is 11.5 Å². The van der Waals surface area contributed by atoms with E-state index in [1.54, 1.807) is 25.1 Å². The van der Waals surface area contributed by atoms with Gasteiger partial charge in [-0.05, 0) is 58.9 Å². The average molecular weight is 374 g/mol. The first-order chi connectivity index (χ1) is 13.0. The SMILES string of the molecule is CCOc1cc(C(=O)N/N=C(/C)c2ccc(C)o2)cc(OCC)c1OCC. The standard InChI is InChI=1S/C20H26N2O5/c1-6-24-17-11-15(12-18(25-7-2)19(17)26-8-3)20(23)22-21-14(5)16-10-9-13(4)27-16/h9-12H,6-8H2,1-5H3,(H,22,23)/b21-14-. The molecular weight excluding hydrogens is 348 g/mol. The van der Waals surface area contributed by atoms with Gasteiger partial charge in [0.25, 0.3) is 5.91 Å². The average Bonchev–Trinajstić information content (AvgIpc) is 3.08. The molecule has 0 radical (unpaired) electrons. The maximum atomic E-state index is 12.6. The molecule has 27 heavy (non-hydrogen) atoms. The number of hydrogen-bond acceptors (Lipinski definition) is 6. The van der Waals surface area contributed by atoms with E-state index in [2.05, 4.69) is 10.5 Å². The van der Waals surface area contributed by atoms with Gasteiger partial charge in [-0.1, -0.05) is 0 Å². The van der Waals surface area contributed by atoms with E-state index in [1.165, 1.54) is 0 Å². The second-order valence-corrected chi connectivity index (χ2v) is 5.65. The second-order valence-electron chi connectivity index (χ2n) is 5.65. The highest BCUT2D eigenvalue weighted by molar-refractivity contribution is 5.99. The molecule has 0 saturated heterocycles. The molecule has 0 atom stereocenters. The first-order valence-electron chi connectivity index (χ1n) is 8.97. The van der Waals surface area contributed by atoms with Gasteiger partial charge in [-0.2, -0.15) is 5.10 Å². The molecule has 0 saturated carbocycles. The van der Waals surface area contributed by atoms with Gasteiger partial charge in [0.05, 0.1) is 19.8 Å². The van der Waals surface area contributed by atoms with Crippen LogP contribution >= 0.6 is 0 Å². The molecule has 2 rings (SSSR count). The minimum atomic E-state index is -0.386. The molecule has 0 spiro atoms. The fraction of sp³-hybridized carbons (Fsp3) is 0.400. The van der Waals surface area contributed by atoms with E-state index >= 15 is 0 Å². The normalized spacial score (nSPS) is 11.2.